The Morgan fingerprint density at radius 3 is 1.35 bits per heavy atom. The number of amides is 1. The minimum Gasteiger partial charge on any atom is -0.394 e. The summed E-state index contributed by atoms with van der Waals surface area (Å²) in [6, 6.07) is -0.824. The van der Waals surface area contributed by atoms with Gasteiger partial charge in [0.2, 0.25) is 5.91 Å². The lowest BCUT2D eigenvalue weighted by Crippen LogP contribution is -2.60. The van der Waals surface area contributed by atoms with Gasteiger partial charge in [-0.05, 0) is 70.6 Å². The van der Waals surface area contributed by atoms with Crippen LogP contribution < -0.4 is 5.32 Å². The number of rotatable bonds is 50. The summed E-state index contributed by atoms with van der Waals surface area (Å²) in [4.78, 5) is 13.1. The first kappa shape index (κ1) is 66.6. The predicted octanol–water partition coefficient (Wildman–Crippen LogP) is 14.8. The van der Waals surface area contributed by atoms with Gasteiger partial charge in [0.25, 0.3) is 0 Å². The highest BCUT2D eigenvalue weighted by molar-refractivity contribution is 5.76. The van der Waals surface area contributed by atoms with E-state index in [2.05, 4.69) is 79.9 Å². The molecule has 9 heteroatoms. The monoisotopic (exact) mass is 998 g/mol. The SMILES string of the molecule is CC/C=C\C/C=C\C/C=C\C/C=C\CCCCCCCCCCCCCCCCCCC(=O)NC(COC1OC(CO)C(O)C(O)C1O)C(O)/C=C/CC/C=C/CCCCCCCCCCCCCCC. The predicted molar refractivity (Wildman–Crippen MR) is 299 cm³/mol. The van der Waals surface area contributed by atoms with Crippen LogP contribution in [0.2, 0.25) is 0 Å². The molecule has 0 radical (unpaired) electrons. The van der Waals surface area contributed by atoms with E-state index in [1.807, 2.05) is 6.08 Å². The summed E-state index contributed by atoms with van der Waals surface area (Å²) < 4.78 is 11.3. The first-order valence-corrected chi connectivity index (χ1v) is 29.7. The molecule has 7 unspecified atom stereocenters. The first-order valence-electron chi connectivity index (χ1n) is 29.7. The molecule has 0 aromatic carbocycles. The van der Waals surface area contributed by atoms with Crippen LogP contribution >= 0.6 is 0 Å². The van der Waals surface area contributed by atoms with Gasteiger partial charge in [-0.3, -0.25) is 4.79 Å². The molecule has 0 aromatic rings. The van der Waals surface area contributed by atoms with Crippen molar-refractivity contribution < 1.29 is 39.8 Å². The summed E-state index contributed by atoms with van der Waals surface area (Å²) in [5.74, 6) is -0.186. The number of aliphatic hydroxyl groups excluding tert-OH is 5. The van der Waals surface area contributed by atoms with E-state index in [1.165, 1.54) is 173 Å². The molecule has 0 aliphatic carbocycles. The second-order valence-electron chi connectivity index (χ2n) is 20.4. The Balaban J connectivity index is 2.20. The summed E-state index contributed by atoms with van der Waals surface area (Å²) in [5.41, 5.74) is 0. The zero-order chi connectivity index (χ0) is 51.5. The molecule has 1 aliphatic rings. The van der Waals surface area contributed by atoms with Crippen LogP contribution in [0, 0.1) is 0 Å². The molecule has 1 aliphatic heterocycles. The molecule has 6 N–H and O–H groups in total. The van der Waals surface area contributed by atoms with Crippen LogP contribution in [-0.4, -0.2) is 87.5 Å². The van der Waals surface area contributed by atoms with Gasteiger partial charge in [0.1, 0.15) is 24.4 Å². The molecule has 1 rings (SSSR count). The number of carbonyl (C=O) groups is 1. The van der Waals surface area contributed by atoms with Gasteiger partial charge in [-0.25, -0.2) is 0 Å². The van der Waals surface area contributed by atoms with Crippen molar-refractivity contribution in [2.24, 2.45) is 0 Å². The number of ether oxygens (including phenoxy) is 2. The van der Waals surface area contributed by atoms with Crippen LogP contribution in [0.3, 0.4) is 0 Å². The van der Waals surface area contributed by atoms with Crippen LogP contribution in [0.1, 0.15) is 258 Å². The van der Waals surface area contributed by atoms with Crippen LogP contribution in [0.4, 0.5) is 0 Å². The van der Waals surface area contributed by atoms with Crippen LogP contribution in [-0.2, 0) is 14.3 Å². The molecule has 9 nitrogen and oxygen atoms in total. The van der Waals surface area contributed by atoms with E-state index >= 15 is 0 Å². The molecule has 1 saturated heterocycles. The smallest absolute Gasteiger partial charge is 0.220 e. The lowest BCUT2D eigenvalue weighted by Gasteiger charge is -2.40. The number of allylic oxidation sites excluding steroid dienone is 11. The topological polar surface area (TPSA) is 149 Å². The van der Waals surface area contributed by atoms with Crippen molar-refractivity contribution in [2.45, 2.75) is 301 Å². The average molecular weight is 999 g/mol. The molecule has 0 saturated carbocycles. The van der Waals surface area contributed by atoms with Gasteiger partial charge >= 0.3 is 0 Å². The third kappa shape index (κ3) is 40.7. The molecule has 1 fully saturated rings. The summed E-state index contributed by atoms with van der Waals surface area (Å²) >= 11 is 0. The Hall–Kier alpha value is -2.37. The first-order chi connectivity index (χ1) is 34.8. The standard InChI is InChI=1S/C62H111NO8/c1-3-5-7-9-11-13-15-17-19-21-23-24-25-26-27-28-29-30-31-32-34-36-38-40-42-44-46-48-50-52-58(66)63-55(54-70-62-61(69)60(68)59(67)57(53-64)71-62)56(65)51-49-47-45-43-41-39-37-35-33-22-20-18-16-14-12-10-8-6-4-2/h5,7,11,13,17,19,23-24,41,43,49,51,55-57,59-62,64-65,67-69H,3-4,6,8-10,12,14-16,18,20-22,25-40,42,44-48,50,52-54H2,1-2H3,(H,63,66)/b7-5-,13-11-,19-17-,24-23-,43-41+,51-49+. The van der Waals surface area contributed by atoms with E-state index in [0.717, 1.165) is 64.2 Å². The summed E-state index contributed by atoms with van der Waals surface area (Å²) in [5, 5.41) is 54.5. The quantitative estimate of drug-likeness (QED) is 0.0261. The fraction of sp³-hybridized carbons (Fsp3) is 0.790. The van der Waals surface area contributed by atoms with Crippen LogP contribution in [0.5, 0.6) is 0 Å². The van der Waals surface area contributed by atoms with Gasteiger partial charge in [-0.1, -0.05) is 254 Å². The number of nitrogens with one attached hydrogen (secondary N) is 1. The summed E-state index contributed by atoms with van der Waals surface area (Å²) in [6.45, 7) is 3.67. The van der Waals surface area contributed by atoms with Crippen molar-refractivity contribution in [3.8, 4) is 0 Å². The second-order valence-corrected chi connectivity index (χ2v) is 20.4. The molecule has 71 heavy (non-hydrogen) atoms. The highest BCUT2D eigenvalue weighted by Crippen LogP contribution is 2.23. The fourth-order valence-corrected chi connectivity index (χ4v) is 9.11. The third-order valence-electron chi connectivity index (χ3n) is 13.8. The number of carbonyl (C=O) groups excluding carboxylic acids is 1. The fourth-order valence-electron chi connectivity index (χ4n) is 9.11. The molecular weight excluding hydrogens is 887 g/mol. The normalized spacial score (nSPS) is 19.8. The average Bonchev–Trinajstić information content (AvgIpc) is 3.37. The van der Waals surface area contributed by atoms with Crippen molar-refractivity contribution >= 4 is 5.91 Å². The third-order valence-corrected chi connectivity index (χ3v) is 13.8. The van der Waals surface area contributed by atoms with Crippen LogP contribution in [0.25, 0.3) is 0 Å². The van der Waals surface area contributed by atoms with Crippen LogP contribution in [0.15, 0.2) is 72.9 Å². The maximum atomic E-state index is 13.1. The molecule has 0 aromatic heterocycles. The maximum Gasteiger partial charge on any atom is 0.220 e. The molecule has 0 bridgehead atoms. The van der Waals surface area contributed by atoms with E-state index in [-0.39, 0.29) is 12.5 Å². The van der Waals surface area contributed by atoms with Crippen molar-refractivity contribution in [3.63, 3.8) is 0 Å². The van der Waals surface area contributed by atoms with Gasteiger partial charge in [-0.15, -0.1) is 0 Å². The van der Waals surface area contributed by atoms with E-state index in [4.69, 9.17) is 9.47 Å². The Morgan fingerprint density at radius 1 is 0.493 bits per heavy atom. The largest absolute Gasteiger partial charge is 0.394 e. The molecule has 0 spiro atoms. The lowest BCUT2D eigenvalue weighted by molar-refractivity contribution is -0.302. The van der Waals surface area contributed by atoms with Crippen molar-refractivity contribution in [1.82, 2.24) is 5.32 Å². The molecule has 1 heterocycles. The zero-order valence-electron chi connectivity index (χ0n) is 45.7. The Kier molecular flexibility index (Phi) is 48.0. The van der Waals surface area contributed by atoms with E-state index in [0.29, 0.717) is 6.42 Å². The lowest BCUT2D eigenvalue weighted by atomic mass is 9.99. The maximum absolute atomic E-state index is 13.1. The highest BCUT2D eigenvalue weighted by Gasteiger charge is 2.44. The molecular formula is C62H111NO8. The highest BCUT2D eigenvalue weighted by atomic mass is 16.7. The van der Waals surface area contributed by atoms with Gasteiger partial charge < -0.3 is 40.3 Å². The van der Waals surface area contributed by atoms with E-state index in [9.17, 15) is 30.3 Å². The molecule has 7 atom stereocenters. The van der Waals surface area contributed by atoms with E-state index in [1.54, 1.807) is 6.08 Å². The Morgan fingerprint density at radius 2 is 0.887 bits per heavy atom. The van der Waals surface area contributed by atoms with Gasteiger partial charge in [-0.2, -0.15) is 0 Å². The van der Waals surface area contributed by atoms with Gasteiger partial charge in [0.05, 0.1) is 25.4 Å². The number of hydrogen-bond acceptors (Lipinski definition) is 8. The Labute approximate surface area is 436 Å². The Bertz CT molecular complexity index is 1340. The summed E-state index contributed by atoms with van der Waals surface area (Å²) in [6.07, 6.45) is 64.0. The summed E-state index contributed by atoms with van der Waals surface area (Å²) in [7, 11) is 0. The minimum absolute atomic E-state index is 0.186. The number of hydrogen-bond donors (Lipinski definition) is 6. The van der Waals surface area contributed by atoms with Gasteiger partial charge in [0.15, 0.2) is 6.29 Å². The van der Waals surface area contributed by atoms with Crippen molar-refractivity contribution in [3.05, 3.63) is 72.9 Å². The van der Waals surface area contributed by atoms with Crippen molar-refractivity contribution in [1.29, 1.82) is 0 Å². The molecule has 412 valence electrons. The molecule has 1 amide bonds. The zero-order valence-corrected chi connectivity index (χ0v) is 45.7. The number of unbranched alkanes of at least 4 members (excludes halogenated alkanes) is 30. The van der Waals surface area contributed by atoms with Crippen molar-refractivity contribution in [2.75, 3.05) is 13.2 Å². The van der Waals surface area contributed by atoms with Gasteiger partial charge in [0, 0.05) is 6.42 Å². The minimum atomic E-state index is -1.57. The second kappa shape index (κ2) is 51.1. The number of aliphatic hydroxyl groups is 5. The van der Waals surface area contributed by atoms with E-state index < -0.39 is 49.5 Å².